The fourth-order valence-electron chi connectivity index (χ4n) is 1.61. The Morgan fingerprint density at radius 3 is 2.53 bits per heavy atom. The average Bonchev–Trinajstić information content (AvgIpc) is 2.16. The van der Waals surface area contributed by atoms with E-state index in [1.165, 1.54) is 0 Å². The summed E-state index contributed by atoms with van der Waals surface area (Å²) >= 11 is 0. The molecule has 0 fully saturated rings. The number of nitrogens with two attached hydrogens (primary N) is 1. The molecule has 0 spiro atoms. The molecule has 15 heavy (non-hydrogen) atoms. The number of nitrogens with one attached hydrogen (secondary N) is 2. The van der Waals surface area contributed by atoms with Crippen LogP contribution in [0, 0.1) is 5.92 Å². The number of anilines is 2. The summed E-state index contributed by atoms with van der Waals surface area (Å²) in [6.07, 6.45) is 1.13. The summed E-state index contributed by atoms with van der Waals surface area (Å²) in [5.74, 6) is 7.51. The summed E-state index contributed by atoms with van der Waals surface area (Å²) < 4.78 is 0. The van der Waals surface area contributed by atoms with Crippen LogP contribution in [0.2, 0.25) is 0 Å². The van der Waals surface area contributed by atoms with Crippen molar-refractivity contribution in [3.05, 3.63) is 18.2 Å². The highest BCUT2D eigenvalue weighted by molar-refractivity contribution is 5.44. The number of nitrogen functional groups attached to an aromatic ring is 1. The molecule has 0 amide bonds. The molecule has 0 saturated carbocycles. The highest BCUT2D eigenvalue weighted by Gasteiger charge is 2.05. The van der Waals surface area contributed by atoms with E-state index >= 15 is 0 Å². The van der Waals surface area contributed by atoms with Crippen LogP contribution in [0.25, 0.3) is 0 Å². The first-order valence-corrected chi connectivity index (χ1v) is 5.32. The second kappa shape index (κ2) is 5.56. The molecule has 1 atom stereocenters. The highest BCUT2D eigenvalue weighted by Crippen LogP contribution is 2.12. The van der Waals surface area contributed by atoms with Gasteiger partial charge < -0.3 is 10.7 Å². The zero-order valence-corrected chi connectivity index (χ0v) is 9.62. The Bertz CT molecular complexity index is 298. The predicted molar refractivity (Wildman–Crippen MR) is 64.6 cm³/mol. The van der Waals surface area contributed by atoms with Crippen molar-refractivity contribution < 1.29 is 0 Å². The first-order chi connectivity index (χ1) is 7.11. The van der Waals surface area contributed by atoms with Gasteiger partial charge in [-0.2, -0.15) is 0 Å². The first kappa shape index (κ1) is 11.8. The maximum Gasteiger partial charge on any atom is 0.142 e. The minimum atomic E-state index is 0.422. The molecule has 0 aliphatic heterocycles. The molecule has 1 rings (SSSR count). The predicted octanol–water partition coefficient (Wildman–Crippen LogP) is 2.21. The normalized spacial score (nSPS) is 12.6. The van der Waals surface area contributed by atoms with Crippen LogP contribution >= 0.6 is 0 Å². The van der Waals surface area contributed by atoms with E-state index in [9.17, 15) is 0 Å². The van der Waals surface area contributed by atoms with Crippen molar-refractivity contribution in [3.8, 4) is 0 Å². The van der Waals surface area contributed by atoms with E-state index in [-0.39, 0.29) is 0 Å². The molecule has 1 aromatic rings. The molecule has 0 aliphatic carbocycles. The van der Waals surface area contributed by atoms with Crippen molar-refractivity contribution in [1.82, 2.24) is 4.98 Å². The van der Waals surface area contributed by atoms with Gasteiger partial charge in [-0.3, -0.25) is 0 Å². The highest BCUT2D eigenvalue weighted by atomic mass is 15.3. The molecule has 0 aliphatic rings. The van der Waals surface area contributed by atoms with Gasteiger partial charge in [0.15, 0.2) is 0 Å². The van der Waals surface area contributed by atoms with Crippen LogP contribution in [0.3, 0.4) is 0 Å². The fourth-order valence-corrected chi connectivity index (χ4v) is 1.61. The second-order valence-electron chi connectivity index (χ2n) is 4.23. The zero-order chi connectivity index (χ0) is 11.3. The minimum absolute atomic E-state index is 0.422. The van der Waals surface area contributed by atoms with E-state index in [0.717, 1.165) is 12.2 Å². The number of hydrazine groups is 1. The Hall–Kier alpha value is -1.29. The summed E-state index contributed by atoms with van der Waals surface area (Å²) in [4.78, 5) is 4.29. The summed E-state index contributed by atoms with van der Waals surface area (Å²) in [6, 6.07) is 6.12. The van der Waals surface area contributed by atoms with Crippen molar-refractivity contribution in [2.45, 2.75) is 33.2 Å². The number of rotatable bonds is 5. The second-order valence-corrected chi connectivity index (χ2v) is 4.23. The molecule has 1 aromatic heterocycles. The van der Waals surface area contributed by atoms with Gasteiger partial charge in [-0.05, 0) is 31.4 Å². The molecule has 1 unspecified atom stereocenters. The van der Waals surface area contributed by atoms with Gasteiger partial charge in [0.05, 0.1) is 0 Å². The van der Waals surface area contributed by atoms with E-state index in [0.29, 0.717) is 17.8 Å². The first-order valence-electron chi connectivity index (χ1n) is 5.32. The Labute approximate surface area is 91.3 Å². The monoisotopic (exact) mass is 208 g/mol. The molecule has 0 aromatic carbocycles. The van der Waals surface area contributed by atoms with Gasteiger partial charge in [-0.25, -0.2) is 10.8 Å². The molecule has 4 N–H and O–H groups in total. The van der Waals surface area contributed by atoms with E-state index in [2.05, 4.69) is 36.5 Å². The maximum absolute atomic E-state index is 5.29. The average molecular weight is 208 g/mol. The SMILES string of the molecule is CC(C)CC(C)Nc1cccc(NN)n1. The minimum Gasteiger partial charge on any atom is -0.368 e. The van der Waals surface area contributed by atoms with Crippen LogP contribution in [0.15, 0.2) is 18.2 Å². The quantitative estimate of drug-likeness (QED) is 0.513. The van der Waals surface area contributed by atoms with Crippen LogP contribution < -0.4 is 16.6 Å². The van der Waals surface area contributed by atoms with Gasteiger partial charge in [0.2, 0.25) is 0 Å². The molecular weight excluding hydrogens is 188 g/mol. The molecule has 84 valence electrons. The Morgan fingerprint density at radius 1 is 1.27 bits per heavy atom. The number of hydrogen-bond acceptors (Lipinski definition) is 4. The summed E-state index contributed by atoms with van der Waals surface area (Å²) in [7, 11) is 0. The van der Waals surface area contributed by atoms with Crippen LogP contribution in [0.5, 0.6) is 0 Å². The van der Waals surface area contributed by atoms with E-state index in [1.807, 2.05) is 18.2 Å². The largest absolute Gasteiger partial charge is 0.368 e. The molecule has 1 heterocycles. The summed E-state index contributed by atoms with van der Waals surface area (Å²) in [6.45, 7) is 6.58. The molecule has 0 radical (unpaired) electrons. The lowest BCUT2D eigenvalue weighted by Crippen LogP contribution is -2.18. The van der Waals surface area contributed by atoms with Gasteiger partial charge in [-0.1, -0.05) is 19.9 Å². The Kier molecular flexibility index (Phi) is 4.37. The smallest absolute Gasteiger partial charge is 0.142 e. The third kappa shape index (κ3) is 4.16. The van der Waals surface area contributed by atoms with E-state index < -0.39 is 0 Å². The number of aromatic nitrogens is 1. The summed E-state index contributed by atoms with van der Waals surface area (Å²) in [5.41, 5.74) is 2.53. The third-order valence-electron chi connectivity index (χ3n) is 2.12. The van der Waals surface area contributed by atoms with E-state index in [4.69, 9.17) is 5.84 Å². The van der Waals surface area contributed by atoms with Crippen LogP contribution in [-0.4, -0.2) is 11.0 Å². The van der Waals surface area contributed by atoms with Crippen LogP contribution in [-0.2, 0) is 0 Å². The van der Waals surface area contributed by atoms with Gasteiger partial charge in [-0.15, -0.1) is 0 Å². The van der Waals surface area contributed by atoms with Gasteiger partial charge in [0, 0.05) is 6.04 Å². The summed E-state index contributed by atoms with van der Waals surface area (Å²) in [5, 5.41) is 3.34. The lowest BCUT2D eigenvalue weighted by molar-refractivity contribution is 0.539. The zero-order valence-electron chi connectivity index (χ0n) is 9.62. The molecule has 4 heteroatoms. The molecular formula is C11H20N4. The lowest BCUT2D eigenvalue weighted by Gasteiger charge is -2.16. The van der Waals surface area contributed by atoms with Crippen molar-refractivity contribution in [1.29, 1.82) is 0 Å². The number of nitrogens with zero attached hydrogens (tertiary/aromatic N) is 1. The van der Waals surface area contributed by atoms with E-state index in [1.54, 1.807) is 0 Å². The van der Waals surface area contributed by atoms with Gasteiger partial charge >= 0.3 is 0 Å². The van der Waals surface area contributed by atoms with Crippen molar-refractivity contribution in [2.24, 2.45) is 11.8 Å². The number of pyridine rings is 1. The number of hydrogen-bond donors (Lipinski definition) is 3. The van der Waals surface area contributed by atoms with Gasteiger partial charge in [0.1, 0.15) is 11.6 Å². The Morgan fingerprint density at radius 2 is 1.93 bits per heavy atom. The standard InChI is InChI=1S/C11H20N4/c1-8(2)7-9(3)13-10-5-4-6-11(14-10)15-12/h4-6,8-9H,7,12H2,1-3H3,(H2,13,14,15). The van der Waals surface area contributed by atoms with Gasteiger partial charge in [0.25, 0.3) is 0 Å². The third-order valence-corrected chi connectivity index (χ3v) is 2.12. The van der Waals surface area contributed by atoms with Crippen LogP contribution in [0.4, 0.5) is 11.6 Å². The van der Waals surface area contributed by atoms with Crippen molar-refractivity contribution in [2.75, 3.05) is 10.7 Å². The molecule has 0 saturated heterocycles. The lowest BCUT2D eigenvalue weighted by atomic mass is 10.1. The fraction of sp³-hybridized carbons (Fsp3) is 0.545. The Balaban J connectivity index is 2.55. The maximum atomic E-state index is 5.29. The van der Waals surface area contributed by atoms with Crippen LogP contribution in [0.1, 0.15) is 27.2 Å². The topological polar surface area (TPSA) is 63.0 Å². The van der Waals surface area contributed by atoms with Crippen molar-refractivity contribution >= 4 is 11.6 Å². The molecule has 0 bridgehead atoms. The molecule has 4 nitrogen and oxygen atoms in total. The van der Waals surface area contributed by atoms with Crippen molar-refractivity contribution in [3.63, 3.8) is 0 Å².